The van der Waals surface area contributed by atoms with E-state index in [-0.39, 0.29) is 6.04 Å². The van der Waals surface area contributed by atoms with Crippen LogP contribution in [0.15, 0.2) is 29.2 Å². The van der Waals surface area contributed by atoms with Crippen LogP contribution < -0.4 is 10.0 Å². The number of anilines is 1. The zero-order valence-electron chi connectivity index (χ0n) is 11.6. The molecule has 0 heterocycles. The second-order valence-corrected chi connectivity index (χ2v) is 7.05. The molecule has 0 radical (unpaired) electrons. The number of thioether (sulfide) groups is 1. The molecule has 1 unspecified atom stereocenters. The molecule has 1 atom stereocenters. The minimum Gasteiger partial charge on any atom is -0.385 e. The van der Waals surface area contributed by atoms with Crippen LogP contribution in [0.1, 0.15) is 20.3 Å². The van der Waals surface area contributed by atoms with E-state index in [9.17, 15) is 8.42 Å². The first kappa shape index (κ1) is 16.3. The summed E-state index contributed by atoms with van der Waals surface area (Å²) in [5, 5.41) is 3.22. The topological polar surface area (TPSA) is 58.2 Å². The first-order chi connectivity index (χ1) is 8.99. The summed E-state index contributed by atoms with van der Waals surface area (Å²) >= 11 is 1.62. The van der Waals surface area contributed by atoms with Crippen LogP contribution in [0.4, 0.5) is 5.69 Å². The van der Waals surface area contributed by atoms with E-state index in [0.29, 0.717) is 4.90 Å². The second-order valence-electron chi connectivity index (χ2n) is 4.43. The molecule has 0 spiro atoms. The van der Waals surface area contributed by atoms with Crippen LogP contribution in [0.5, 0.6) is 0 Å². The van der Waals surface area contributed by atoms with Gasteiger partial charge in [0.2, 0.25) is 10.0 Å². The Labute approximate surface area is 120 Å². The molecule has 1 rings (SSSR count). The van der Waals surface area contributed by atoms with Crippen LogP contribution in [0.25, 0.3) is 0 Å². The SMILES string of the molecule is CCCNc1ccc(S(=O)(=O)NC(C)CSC)cc1. The number of nitrogens with one attached hydrogen (secondary N) is 2. The van der Waals surface area contributed by atoms with Gasteiger partial charge in [0.15, 0.2) is 0 Å². The summed E-state index contributed by atoms with van der Waals surface area (Å²) in [6.45, 7) is 4.84. The lowest BCUT2D eigenvalue weighted by molar-refractivity contribution is 0.571. The zero-order chi connectivity index (χ0) is 14.3. The molecule has 0 aliphatic carbocycles. The molecule has 1 aromatic rings. The molecule has 19 heavy (non-hydrogen) atoms. The summed E-state index contributed by atoms with van der Waals surface area (Å²) in [5.41, 5.74) is 0.943. The van der Waals surface area contributed by atoms with Gasteiger partial charge in [-0.15, -0.1) is 0 Å². The Hall–Kier alpha value is -0.720. The fourth-order valence-electron chi connectivity index (χ4n) is 1.64. The van der Waals surface area contributed by atoms with Gasteiger partial charge < -0.3 is 5.32 Å². The third-order valence-corrected chi connectivity index (χ3v) is 4.96. The molecule has 1 aromatic carbocycles. The average molecular weight is 302 g/mol. The standard InChI is InChI=1S/C13H22N2O2S2/c1-4-9-14-12-5-7-13(8-6-12)19(16,17)15-11(2)10-18-3/h5-8,11,14-15H,4,9-10H2,1-3H3. The van der Waals surface area contributed by atoms with Gasteiger partial charge in [-0.3, -0.25) is 0 Å². The molecule has 0 saturated heterocycles. The maximum atomic E-state index is 12.1. The highest BCUT2D eigenvalue weighted by Crippen LogP contribution is 2.14. The van der Waals surface area contributed by atoms with Crippen molar-refractivity contribution in [2.75, 3.05) is 23.9 Å². The van der Waals surface area contributed by atoms with Crippen LogP contribution in [-0.2, 0) is 10.0 Å². The van der Waals surface area contributed by atoms with E-state index in [1.54, 1.807) is 36.0 Å². The van der Waals surface area contributed by atoms with Crippen molar-refractivity contribution in [2.45, 2.75) is 31.2 Å². The van der Waals surface area contributed by atoms with E-state index in [0.717, 1.165) is 24.4 Å². The Kier molecular flexibility index (Phi) is 6.68. The van der Waals surface area contributed by atoms with Gasteiger partial charge in [-0.05, 0) is 43.9 Å². The molecule has 2 N–H and O–H groups in total. The minimum absolute atomic E-state index is 0.0714. The first-order valence-electron chi connectivity index (χ1n) is 6.34. The smallest absolute Gasteiger partial charge is 0.240 e. The molecular formula is C13H22N2O2S2. The molecular weight excluding hydrogens is 280 g/mol. The van der Waals surface area contributed by atoms with Crippen molar-refractivity contribution in [3.63, 3.8) is 0 Å². The zero-order valence-corrected chi connectivity index (χ0v) is 13.3. The lowest BCUT2D eigenvalue weighted by atomic mass is 10.3. The van der Waals surface area contributed by atoms with Crippen molar-refractivity contribution >= 4 is 27.5 Å². The van der Waals surface area contributed by atoms with Crippen molar-refractivity contribution in [2.24, 2.45) is 0 Å². The van der Waals surface area contributed by atoms with E-state index in [4.69, 9.17) is 0 Å². The largest absolute Gasteiger partial charge is 0.385 e. The maximum absolute atomic E-state index is 12.1. The monoisotopic (exact) mass is 302 g/mol. The molecule has 108 valence electrons. The lowest BCUT2D eigenvalue weighted by Gasteiger charge is -2.13. The summed E-state index contributed by atoms with van der Waals surface area (Å²) in [6, 6.07) is 6.78. The molecule has 0 aliphatic heterocycles. The molecule has 0 saturated carbocycles. The lowest BCUT2D eigenvalue weighted by Crippen LogP contribution is -2.34. The van der Waals surface area contributed by atoms with Crippen LogP contribution in [-0.4, -0.2) is 33.0 Å². The van der Waals surface area contributed by atoms with Gasteiger partial charge in [0.05, 0.1) is 4.90 Å². The molecule has 0 fully saturated rings. The van der Waals surface area contributed by atoms with E-state index in [2.05, 4.69) is 17.0 Å². The number of hydrogen-bond acceptors (Lipinski definition) is 4. The minimum atomic E-state index is -3.41. The number of rotatable bonds is 8. The van der Waals surface area contributed by atoms with Gasteiger partial charge in [-0.25, -0.2) is 13.1 Å². The predicted octanol–water partition coefficient (Wildman–Crippen LogP) is 2.54. The molecule has 0 bridgehead atoms. The Morgan fingerprint density at radius 2 is 1.89 bits per heavy atom. The van der Waals surface area contributed by atoms with Gasteiger partial charge >= 0.3 is 0 Å². The second kappa shape index (κ2) is 7.77. The Balaban J connectivity index is 2.73. The average Bonchev–Trinajstić information content (AvgIpc) is 2.36. The fourth-order valence-corrected chi connectivity index (χ4v) is 3.57. The quantitative estimate of drug-likeness (QED) is 0.775. The van der Waals surface area contributed by atoms with E-state index < -0.39 is 10.0 Å². The van der Waals surface area contributed by atoms with E-state index >= 15 is 0 Å². The highest BCUT2D eigenvalue weighted by atomic mass is 32.2. The van der Waals surface area contributed by atoms with Crippen molar-refractivity contribution in [1.29, 1.82) is 0 Å². The first-order valence-corrected chi connectivity index (χ1v) is 9.22. The summed E-state index contributed by atoms with van der Waals surface area (Å²) in [5.74, 6) is 0.759. The predicted molar refractivity (Wildman–Crippen MR) is 83.4 cm³/mol. The number of benzene rings is 1. The highest BCUT2D eigenvalue weighted by Gasteiger charge is 2.16. The van der Waals surface area contributed by atoms with Crippen LogP contribution in [0, 0.1) is 0 Å². The van der Waals surface area contributed by atoms with Crippen molar-refractivity contribution < 1.29 is 8.42 Å². The van der Waals surface area contributed by atoms with Crippen LogP contribution >= 0.6 is 11.8 Å². The fraction of sp³-hybridized carbons (Fsp3) is 0.538. The van der Waals surface area contributed by atoms with Crippen molar-refractivity contribution in [3.8, 4) is 0 Å². The van der Waals surface area contributed by atoms with E-state index in [1.807, 2.05) is 13.2 Å². The molecule has 0 aliphatic rings. The summed E-state index contributed by atoms with van der Waals surface area (Å²) in [4.78, 5) is 0.308. The third kappa shape index (κ3) is 5.42. The maximum Gasteiger partial charge on any atom is 0.240 e. The Morgan fingerprint density at radius 1 is 1.26 bits per heavy atom. The Morgan fingerprint density at radius 3 is 2.42 bits per heavy atom. The van der Waals surface area contributed by atoms with Crippen molar-refractivity contribution in [3.05, 3.63) is 24.3 Å². The van der Waals surface area contributed by atoms with E-state index in [1.165, 1.54) is 0 Å². The molecule has 6 heteroatoms. The molecule has 0 aromatic heterocycles. The summed E-state index contributed by atoms with van der Waals surface area (Å²) in [7, 11) is -3.41. The number of hydrogen-bond donors (Lipinski definition) is 2. The van der Waals surface area contributed by atoms with Crippen molar-refractivity contribution in [1.82, 2.24) is 4.72 Å². The summed E-state index contributed by atoms with van der Waals surface area (Å²) in [6.07, 6.45) is 2.99. The Bertz CT molecular complexity index is 472. The molecule has 4 nitrogen and oxygen atoms in total. The summed E-state index contributed by atoms with van der Waals surface area (Å²) < 4.78 is 26.9. The number of sulfonamides is 1. The van der Waals surface area contributed by atoms with Crippen LogP contribution in [0.3, 0.4) is 0 Å². The van der Waals surface area contributed by atoms with Gasteiger partial charge in [0.1, 0.15) is 0 Å². The van der Waals surface area contributed by atoms with Gasteiger partial charge in [0, 0.05) is 24.0 Å². The molecule has 0 amide bonds. The highest BCUT2D eigenvalue weighted by molar-refractivity contribution is 7.98. The van der Waals surface area contributed by atoms with Gasteiger partial charge in [-0.2, -0.15) is 11.8 Å². The third-order valence-electron chi connectivity index (χ3n) is 2.52. The normalized spacial score (nSPS) is 13.2. The van der Waals surface area contributed by atoms with Crippen LogP contribution in [0.2, 0.25) is 0 Å². The van der Waals surface area contributed by atoms with Gasteiger partial charge in [0.25, 0.3) is 0 Å². The van der Waals surface area contributed by atoms with Gasteiger partial charge in [-0.1, -0.05) is 6.92 Å².